The van der Waals surface area contributed by atoms with Crippen molar-refractivity contribution in [2.75, 3.05) is 18.8 Å². The molecule has 0 amide bonds. The second kappa shape index (κ2) is 5.40. The minimum Gasteiger partial charge on any atom is -0.125 e. The Kier molecular flexibility index (Phi) is 4.46. The van der Waals surface area contributed by atoms with E-state index < -0.39 is 0 Å². The number of rotatable bonds is 3. The molecule has 0 saturated heterocycles. The van der Waals surface area contributed by atoms with E-state index in [1.54, 1.807) is 0 Å². The maximum absolute atomic E-state index is 2.33. The molecule has 0 saturated carbocycles. The summed E-state index contributed by atoms with van der Waals surface area (Å²) in [6.45, 7) is 0. The lowest BCUT2D eigenvalue weighted by molar-refractivity contribution is 1.66. The van der Waals surface area contributed by atoms with E-state index in [2.05, 4.69) is 54.5 Å². The summed E-state index contributed by atoms with van der Waals surface area (Å²) in [6, 6.07) is 10.6. The Morgan fingerprint density at radius 3 is 2.31 bits per heavy atom. The molecule has 0 N–H and O–H groups in total. The normalized spacial score (nSPS) is 12.2. The SMILES string of the molecule is CS/C(=C/[S+](C)C)c1ccccc1. The van der Waals surface area contributed by atoms with E-state index in [4.69, 9.17) is 0 Å². The van der Waals surface area contributed by atoms with Gasteiger partial charge in [-0.2, -0.15) is 0 Å². The van der Waals surface area contributed by atoms with Gasteiger partial charge in [0, 0.05) is 10.9 Å². The Labute approximate surface area is 87.8 Å². The highest BCUT2D eigenvalue weighted by Gasteiger charge is 2.04. The smallest absolute Gasteiger partial charge is 0.125 e. The summed E-state index contributed by atoms with van der Waals surface area (Å²) in [5.41, 5.74) is 1.33. The van der Waals surface area contributed by atoms with Gasteiger partial charge >= 0.3 is 0 Å². The van der Waals surface area contributed by atoms with Gasteiger partial charge in [-0.3, -0.25) is 0 Å². The highest BCUT2D eigenvalue weighted by atomic mass is 32.2. The fourth-order valence-corrected chi connectivity index (χ4v) is 2.95. The first-order valence-corrected chi connectivity index (χ1v) is 7.44. The van der Waals surface area contributed by atoms with Gasteiger partial charge in [-0.1, -0.05) is 30.3 Å². The lowest BCUT2D eigenvalue weighted by Gasteiger charge is -2.01. The van der Waals surface area contributed by atoms with Crippen LogP contribution in [-0.4, -0.2) is 18.8 Å². The van der Waals surface area contributed by atoms with Gasteiger partial charge in [0.25, 0.3) is 0 Å². The summed E-state index contributed by atoms with van der Waals surface area (Å²) < 4.78 is 0. The maximum atomic E-state index is 2.33. The van der Waals surface area contributed by atoms with Crippen molar-refractivity contribution in [3.63, 3.8) is 0 Å². The lowest BCUT2D eigenvalue weighted by atomic mass is 10.2. The predicted molar refractivity (Wildman–Crippen MR) is 67.1 cm³/mol. The van der Waals surface area contributed by atoms with Crippen molar-refractivity contribution >= 4 is 27.6 Å². The molecule has 0 atom stereocenters. The zero-order valence-electron chi connectivity index (χ0n) is 8.28. The Bertz CT molecular complexity index is 275. The fourth-order valence-electron chi connectivity index (χ4n) is 1.05. The summed E-state index contributed by atoms with van der Waals surface area (Å²) in [7, 11) is 0.371. The molecule has 0 aliphatic heterocycles. The van der Waals surface area contributed by atoms with Crippen LogP contribution in [0.1, 0.15) is 5.56 Å². The maximum Gasteiger partial charge on any atom is 0.132 e. The van der Waals surface area contributed by atoms with Crippen molar-refractivity contribution in [3.8, 4) is 0 Å². The van der Waals surface area contributed by atoms with Crippen molar-refractivity contribution in [1.29, 1.82) is 0 Å². The zero-order valence-corrected chi connectivity index (χ0v) is 9.91. The molecule has 1 aromatic carbocycles. The van der Waals surface area contributed by atoms with Gasteiger partial charge in [0.1, 0.15) is 17.9 Å². The monoisotopic (exact) mass is 211 g/mol. The van der Waals surface area contributed by atoms with Crippen LogP contribution in [0, 0.1) is 0 Å². The molecule has 70 valence electrons. The molecule has 0 heterocycles. The van der Waals surface area contributed by atoms with Crippen molar-refractivity contribution in [3.05, 3.63) is 41.3 Å². The van der Waals surface area contributed by atoms with Gasteiger partial charge in [-0.25, -0.2) is 0 Å². The van der Waals surface area contributed by atoms with Gasteiger partial charge in [0.15, 0.2) is 0 Å². The molecule has 0 spiro atoms. The number of hydrogen-bond acceptors (Lipinski definition) is 1. The molecule has 0 bridgehead atoms. The quantitative estimate of drug-likeness (QED) is 0.692. The van der Waals surface area contributed by atoms with Crippen molar-refractivity contribution < 1.29 is 0 Å². The first-order chi connectivity index (χ1) is 6.24. The van der Waals surface area contributed by atoms with Gasteiger partial charge in [0.05, 0.1) is 4.91 Å². The largest absolute Gasteiger partial charge is 0.132 e. The molecule has 0 nitrogen and oxygen atoms in total. The first-order valence-electron chi connectivity index (χ1n) is 4.11. The van der Waals surface area contributed by atoms with Gasteiger partial charge < -0.3 is 0 Å². The van der Waals surface area contributed by atoms with Crippen LogP contribution in [0.5, 0.6) is 0 Å². The Morgan fingerprint density at radius 2 is 1.85 bits per heavy atom. The van der Waals surface area contributed by atoms with Crippen LogP contribution in [-0.2, 0) is 10.9 Å². The molecular formula is C11H15S2+. The molecule has 1 aromatic rings. The molecule has 0 aromatic heterocycles. The highest BCUT2D eigenvalue weighted by Crippen LogP contribution is 2.25. The van der Waals surface area contributed by atoms with Gasteiger partial charge in [0.2, 0.25) is 0 Å². The van der Waals surface area contributed by atoms with E-state index in [1.807, 2.05) is 11.8 Å². The van der Waals surface area contributed by atoms with Crippen LogP contribution in [0.15, 0.2) is 35.7 Å². The third kappa shape index (κ3) is 3.49. The van der Waals surface area contributed by atoms with Gasteiger partial charge in [-0.05, 0) is 11.8 Å². The van der Waals surface area contributed by atoms with Crippen LogP contribution < -0.4 is 0 Å². The fraction of sp³-hybridized carbons (Fsp3) is 0.273. The van der Waals surface area contributed by atoms with Crippen molar-refractivity contribution in [1.82, 2.24) is 0 Å². The van der Waals surface area contributed by atoms with E-state index in [-0.39, 0.29) is 0 Å². The molecule has 0 aliphatic carbocycles. The Morgan fingerprint density at radius 1 is 1.23 bits per heavy atom. The molecular weight excluding hydrogens is 196 g/mol. The van der Waals surface area contributed by atoms with Crippen LogP contribution in [0.2, 0.25) is 0 Å². The van der Waals surface area contributed by atoms with E-state index in [9.17, 15) is 0 Å². The number of hydrogen-bond donors (Lipinski definition) is 0. The number of benzene rings is 1. The second-order valence-corrected chi connectivity index (χ2v) is 5.77. The molecule has 13 heavy (non-hydrogen) atoms. The minimum absolute atomic E-state index is 0.371. The topological polar surface area (TPSA) is 0 Å². The predicted octanol–water partition coefficient (Wildman–Crippen LogP) is 3.23. The van der Waals surface area contributed by atoms with E-state index in [0.717, 1.165) is 0 Å². The van der Waals surface area contributed by atoms with Crippen molar-refractivity contribution in [2.24, 2.45) is 0 Å². The van der Waals surface area contributed by atoms with Crippen LogP contribution >= 0.6 is 11.8 Å². The summed E-state index contributed by atoms with van der Waals surface area (Å²) in [4.78, 5) is 1.38. The first kappa shape index (κ1) is 10.7. The Balaban J connectivity index is 2.91. The van der Waals surface area contributed by atoms with E-state index in [1.165, 1.54) is 10.5 Å². The molecule has 0 unspecified atom stereocenters. The molecule has 0 aliphatic rings. The number of thioether (sulfide) groups is 1. The highest BCUT2D eigenvalue weighted by molar-refractivity contribution is 8.09. The third-order valence-corrected chi connectivity index (χ3v) is 3.27. The summed E-state index contributed by atoms with van der Waals surface area (Å²) in [5.74, 6) is 0. The standard InChI is InChI=1S/C11H15S2/c1-12-11(9-13(2)3)10-7-5-4-6-8-10/h4-9H,1-3H3/q+1/b11-9+. The Hall–Kier alpha value is -0.340. The summed E-state index contributed by atoms with van der Waals surface area (Å²) in [5, 5.41) is 2.33. The lowest BCUT2D eigenvalue weighted by Crippen LogP contribution is -1.89. The molecule has 1 rings (SSSR count). The van der Waals surface area contributed by atoms with Crippen LogP contribution in [0.4, 0.5) is 0 Å². The van der Waals surface area contributed by atoms with Crippen molar-refractivity contribution in [2.45, 2.75) is 0 Å². The van der Waals surface area contributed by atoms with E-state index in [0.29, 0.717) is 10.9 Å². The molecule has 2 heteroatoms. The average Bonchev–Trinajstić information content (AvgIpc) is 2.15. The van der Waals surface area contributed by atoms with Gasteiger partial charge in [-0.15, -0.1) is 11.8 Å². The third-order valence-electron chi connectivity index (χ3n) is 1.62. The second-order valence-electron chi connectivity index (χ2n) is 2.93. The minimum atomic E-state index is 0.371. The van der Waals surface area contributed by atoms with Crippen LogP contribution in [0.3, 0.4) is 0 Å². The van der Waals surface area contributed by atoms with E-state index >= 15 is 0 Å². The molecule has 0 fully saturated rings. The molecule has 0 radical (unpaired) electrons. The summed E-state index contributed by atoms with van der Waals surface area (Å²) >= 11 is 1.82. The average molecular weight is 211 g/mol. The summed E-state index contributed by atoms with van der Waals surface area (Å²) in [6.07, 6.45) is 6.60. The van der Waals surface area contributed by atoms with Crippen LogP contribution in [0.25, 0.3) is 4.91 Å². The zero-order chi connectivity index (χ0) is 9.68.